The predicted octanol–water partition coefficient (Wildman–Crippen LogP) is 1.29. The van der Waals surface area contributed by atoms with Crippen LogP contribution in [0.1, 0.15) is 33.6 Å². The van der Waals surface area contributed by atoms with Crippen LogP contribution in [-0.4, -0.2) is 52.2 Å². The molecule has 0 aromatic carbocycles. The summed E-state index contributed by atoms with van der Waals surface area (Å²) in [6.07, 6.45) is 2.06. The molecule has 2 aliphatic heterocycles. The number of fused-ring (bicyclic) bond motifs is 1. The fourth-order valence-electron chi connectivity index (χ4n) is 2.82. The third-order valence-electron chi connectivity index (χ3n) is 3.81. The highest BCUT2D eigenvalue weighted by Gasteiger charge is 2.46. The molecule has 0 radical (unpaired) electrons. The SMILES string of the molecule is CC(C)(C)N1CC2C(CO)CCCN2C1=O. The summed E-state index contributed by atoms with van der Waals surface area (Å²) in [6.45, 7) is 8.03. The second-order valence-electron chi connectivity index (χ2n) is 5.91. The topological polar surface area (TPSA) is 43.8 Å². The minimum Gasteiger partial charge on any atom is -0.396 e. The number of rotatable bonds is 1. The quantitative estimate of drug-likeness (QED) is 0.732. The van der Waals surface area contributed by atoms with Crippen LogP contribution in [0.2, 0.25) is 0 Å². The van der Waals surface area contributed by atoms with Gasteiger partial charge in [0, 0.05) is 31.2 Å². The second kappa shape index (κ2) is 3.91. The van der Waals surface area contributed by atoms with Gasteiger partial charge in [0.05, 0.1) is 6.04 Å². The summed E-state index contributed by atoms with van der Waals surface area (Å²) in [5, 5.41) is 9.36. The number of hydrogen-bond donors (Lipinski definition) is 1. The maximum atomic E-state index is 12.2. The van der Waals surface area contributed by atoms with E-state index in [4.69, 9.17) is 0 Å². The highest BCUT2D eigenvalue weighted by Crippen LogP contribution is 2.33. The molecule has 0 spiro atoms. The minimum absolute atomic E-state index is 0.117. The van der Waals surface area contributed by atoms with E-state index >= 15 is 0 Å². The van der Waals surface area contributed by atoms with Crippen LogP contribution in [0.4, 0.5) is 4.79 Å². The zero-order chi connectivity index (χ0) is 11.9. The van der Waals surface area contributed by atoms with Crippen molar-refractivity contribution in [3.63, 3.8) is 0 Å². The van der Waals surface area contributed by atoms with E-state index in [0.29, 0.717) is 0 Å². The average molecular weight is 226 g/mol. The van der Waals surface area contributed by atoms with Crippen LogP contribution in [0.15, 0.2) is 0 Å². The Morgan fingerprint density at radius 2 is 2.12 bits per heavy atom. The highest BCUT2D eigenvalue weighted by atomic mass is 16.3. The van der Waals surface area contributed by atoms with E-state index in [9.17, 15) is 9.90 Å². The first kappa shape index (κ1) is 11.7. The highest BCUT2D eigenvalue weighted by molar-refractivity contribution is 5.78. The summed E-state index contributed by atoms with van der Waals surface area (Å²) in [5.74, 6) is 0.269. The van der Waals surface area contributed by atoms with Crippen LogP contribution in [0.25, 0.3) is 0 Å². The Labute approximate surface area is 97.2 Å². The van der Waals surface area contributed by atoms with E-state index in [2.05, 4.69) is 20.8 Å². The summed E-state index contributed by atoms with van der Waals surface area (Å²) in [5.41, 5.74) is -0.117. The summed E-state index contributed by atoms with van der Waals surface area (Å²) in [7, 11) is 0. The summed E-state index contributed by atoms with van der Waals surface area (Å²) in [6, 6.07) is 0.376. The number of urea groups is 1. The van der Waals surface area contributed by atoms with Gasteiger partial charge in [-0.25, -0.2) is 4.79 Å². The van der Waals surface area contributed by atoms with Crippen LogP contribution in [0, 0.1) is 5.92 Å². The number of carbonyl (C=O) groups excluding carboxylic acids is 1. The third kappa shape index (κ3) is 1.79. The molecule has 2 rings (SSSR count). The normalized spacial score (nSPS) is 30.9. The van der Waals surface area contributed by atoms with Crippen molar-refractivity contribution in [2.75, 3.05) is 19.7 Å². The monoisotopic (exact) mass is 226 g/mol. The number of nitrogens with zero attached hydrogens (tertiary/aromatic N) is 2. The molecule has 2 heterocycles. The lowest BCUT2D eigenvalue weighted by molar-refractivity contribution is 0.103. The zero-order valence-electron chi connectivity index (χ0n) is 10.4. The van der Waals surface area contributed by atoms with Crippen LogP contribution in [0.3, 0.4) is 0 Å². The molecule has 2 fully saturated rings. The molecule has 2 aliphatic rings. The van der Waals surface area contributed by atoms with Crippen molar-refractivity contribution in [1.29, 1.82) is 0 Å². The van der Waals surface area contributed by atoms with E-state index in [0.717, 1.165) is 25.9 Å². The molecule has 4 heteroatoms. The van der Waals surface area contributed by atoms with Gasteiger partial charge in [-0.05, 0) is 33.6 Å². The molecular formula is C12H22N2O2. The lowest BCUT2D eigenvalue weighted by atomic mass is 9.90. The van der Waals surface area contributed by atoms with Crippen molar-refractivity contribution in [1.82, 2.24) is 9.80 Å². The Hall–Kier alpha value is -0.770. The van der Waals surface area contributed by atoms with Crippen molar-refractivity contribution in [2.45, 2.75) is 45.2 Å². The minimum atomic E-state index is -0.117. The lowest BCUT2D eigenvalue weighted by Gasteiger charge is -2.34. The molecular weight excluding hydrogens is 204 g/mol. The van der Waals surface area contributed by atoms with Gasteiger partial charge in [0.15, 0.2) is 0 Å². The Balaban J connectivity index is 2.18. The maximum absolute atomic E-state index is 12.2. The van der Waals surface area contributed by atoms with Crippen LogP contribution in [-0.2, 0) is 0 Å². The maximum Gasteiger partial charge on any atom is 0.320 e. The number of aliphatic hydroxyl groups is 1. The Kier molecular flexibility index (Phi) is 2.86. The molecule has 92 valence electrons. The van der Waals surface area contributed by atoms with Crippen molar-refractivity contribution < 1.29 is 9.90 Å². The van der Waals surface area contributed by atoms with Crippen LogP contribution in [0.5, 0.6) is 0 Å². The molecule has 0 aromatic heterocycles. The van der Waals surface area contributed by atoms with Gasteiger partial charge < -0.3 is 14.9 Å². The fraction of sp³-hybridized carbons (Fsp3) is 0.917. The van der Waals surface area contributed by atoms with Gasteiger partial charge in [0.25, 0.3) is 0 Å². The molecule has 16 heavy (non-hydrogen) atoms. The van der Waals surface area contributed by atoms with Crippen molar-refractivity contribution >= 4 is 6.03 Å². The number of piperidine rings is 1. The molecule has 0 aliphatic carbocycles. The Morgan fingerprint density at radius 3 is 2.69 bits per heavy atom. The van der Waals surface area contributed by atoms with Gasteiger partial charge >= 0.3 is 6.03 Å². The first-order chi connectivity index (χ1) is 7.45. The van der Waals surface area contributed by atoms with Crippen LogP contribution < -0.4 is 0 Å². The van der Waals surface area contributed by atoms with Crippen LogP contribution >= 0.6 is 0 Å². The average Bonchev–Trinajstić information content (AvgIpc) is 2.56. The number of amides is 2. The molecule has 2 atom stereocenters. The summed E-state index contributed by atoms with van der Waals surface area (Å²) >= 11 is 0. The molecule has 0 aromatic rings. The van der Waals surface area contributed by atoms with Gasteiger partial charge in [-0.15, -0.1) is 0 Å². The van der Waals surface area contributed by atoms with Gasteiger partial charge in [-0.2, -0.15) is 0 Å². The van der Waals surface area contributed by atoms with E-state index in [-0.39, 0.29) is 30.1 Å². The lowest BCUT2D eigenvalue weighted by Crippen LogP contribution is -2.45. The summed E-state index contributed by atoms with van der Waals surface area (Å²) < 4.78 is 0. The Morgan fingerprint density at radius 1 is 1.44 bits per heavy atom. The van der Waals surface area contributed by atoms with Gasteiger partial charge in [-0.1, -0.05) is 0 Å². The van der Waals surface area contributed by atoms with Gasteiger partial charge in [0.1, 0.15) is 0 Å². The molecule has 2 amide bonds. The first-order valence-corrected chi connectivity index (χ1v) is 6.14. The van der Waals surface area contributed by atoms with E-state index in [1.54, 1.807) is 0 Å². The molecule has 4 nitrogen and oxygen atoms in total. The molecule has 2 unspecified atom stereocenters. The van der Waals surface area contributed by atoms with E-state index in [1.807, 2.05) is 9.80 Å². The van der Waals surface area contributed by atoms with Gasteiger partial charge in [0.2, 0.25) is 0 Å². The smallest absolute Gasteiger partial charge is 0.320 e. The molecule has 1 N–H and O–H groups in total. The predicted molar refractivity (Wildman–Crippen MR) is 62.2 cm³/mol. The second-order valence-corrected chi connectivity index (χ2v) is 5.91. The zero-order valence-corrected chi connectivity index (χ0v) is 10.4. The van der Waals surface area contributed by atoms with Crippen molar-refractivity contribution in [2.24, 2.45) is 5.92 Å². The first-order valence-electron chi connectivity index (χ1n) is 6.14. The standard InChI is InChI=1S/C12H22N2O2/c1-12(2,3)14-7-10-9(8-15)5-4-6-13(10)11(14)16/h9-10,15H,4-8H2,1-3H3. The summed E-state index contributed by atoms with van der Waals surface area (Å²) in [4.78, 5) is 16.1. The number of aliphatic hydroxyl groups excluding tert-OH is 1. The molecule has 0 saturated carbocycles. The van der Waals surface area contributed by atoms with E-state index in [1.165, 1.54) is 0 Å². The third-order valence-corrected chi connectivity index (χ3v) is 3.81. The van der Waals surface area contributed by atoms with E-state index < -0.39 is 0 Å². The number of hydrogen-bond acceptors (Lipinski definition) is 2. The molecule has 0 bridgehead atoms. The van der Waals surface area contributed by atoms with Gasteiger partial charge in [-0.3, -0.25) is 0 Å². The molecule has 2 saturated heterocycles. The van der Waals surface area contributed by atoms with Crippen molar-refractivity contribution in [3.05, 3.63) is 0 Å². The largest absolute Gasteiger partial charge is 0.396 e. The number of carbonyl (C=O) groups is 1. The fourth-order valence-corrected chi connectivity index (χ4v) is 2.82. The van der Waals surface area contributed by atoms with Crippen molar-refractivity contribution in [3.8, 4) is 0 Å². The Bertz CT molecular complexity index is 285.